The van der Waals surface area contributed by atoms with E-state index in [4.69, 9.17) is 18.9 Å². The fourth-order valence-electron chi connectivity index (χ4n) is 3.23. The number of aliphatic hydroxyl groups excluding tert-OH is 3. The molecule has 0 spiro atoms. The first-order valence-electron chi connectivity index (χ1n) is 9.27. The van der Waals surface area contributed by atoms with Crippen LogP contribution in [0.25, 0.3) is 0 Å². The van der Waals surface area contributed by atoms with Crippen molar-refractivity contribution < 1.29 is 39.1 Å². The molecular weight excluding hydrogens is 370 g/mol. The predicted molar refractivity (Wildman–Crippen MR) is 95.9 cm³/mol. The molecule has 2 saturated heterocycles. The van der Waals surface area contributed by atoms with Gasteiger partial charge in [-0.3, -0.25) is 4.79 Å². The first-order valence-corrected chi connectivity index (χ1v) is 9.27. The maximum atomic E-state index is 11.6. The van der Waals surface area contributed by atoms with Crippen LogP contribution in [0, 0.1) is 0 Å². The van der Waals surface area contributed by atoms with Gasteiger partial charge in [-0.1, -0.05) is 30.3 Å². The van der Waals surface area contributed by atoms with Crippen LogP contribution in [0.5, 0.6) is 0 Å². The number of amides is 1. The minimum absolute atomic E-state index is 0.160. The van der Waals surface area contributed by atoms with Crippen LogP contribution in [-0.4, -0.2) is 77.3 Å². The highest BCUT2D eigenvalue weighted by atomic mass is 16.7. The number of rotatable bonds is 6. The first-order chi connectivity index (χ1) is 13.4. The summed E-state index contributed by atoms with van der Waals surface area (Å²) in [5.74, 6) is -0.373. The number of hydrogen-bond donors (Lipinski definition) is 4. The number of carbonyl (C=O) groups is 1. The van der Waals surface area contributed by atoms with Gasteiger partial charge in [-0.2, -0.15) is 0 Å². The molecule has 1 unspecified atom stereocenters. The van der Waals surface area contributed by atoms with Crippen molar-refractivity contribution in [3.63, 3.8) is 0 Å². The second-order valence-corrected chi connectivity index (χ2v) is 7.08. The van der Waals surface area contributed by atoms with Crippen LogP contribution in [0.3, 0.4) is 0 Å². The van der Waals surface area contributed by atoms with Crippen molar-refractivity contribution in [3.8, 4) is 0 Å². The lowest BCUT2D eigenvalue weighted by molar-refractivity contribution is -0.346. The molecule has 0 aliphatic carbocycles. The van der Waals surface area contributed by atoms with Gasteiger partial charge in [0.05, 0.1) is 19.3 Å². The van der Waals surface area contributed by atoms with E-state index in [1.807, 2.05) is 30.3 Å². The van der Waals surface area contributed by atoms with Crippen LogP contribution in [0.1, 0.15) is 25.7 Å². The Morgan fingerprint density at radius 1 is 1.29 bits per heavy atom. The molecule has 0 saturated carbocycles. The third-order valence-electron chi connectivity index (χ3n) is 4.80. The minimum Gasteiger partial charge on any atom is -0.391 e. The molecule has 1 amide bonds. The van der Waals surface area contributed by atoms with Gasteiger partial charge in [-0.25, -0.2) is 0 Å². The number of fused-ring (bicyclic) bond motifs is 1. The molecular formula is C19H27NO8. The Morgan fingerprint density at radius 3 is 2.64 bits per heavy atom. The normalized spacial score (nSPS) is 34.9. The summed E-state index contributed by atoms with van der Waals surface area (Å²) in [5, 5.41) is 32.6. The van der Waals surface area contributed by atoms with Gasteiger partial charge >= 0.3 is 0 Å². The summed E-state index contributed by atoms with van der Waals surface area (Å²) < 4.78 is 23.0. The monoisotopic (exact) mass is 397 g/mol. The molecule has 2 aliphatic heterocycles. The molecule has 2 fully saturated rings. The number of hydrogen-bond acceptors (Lipinski definition) is 8. The summed E-state index contributed by atoms with van der Waals surface area (Å²) in [6.07, 6.45) is -6.29. The Kier molecular flexibility index (Phi) is 7.00. The molecule has 156 valence electrons. The van der Waals surface area contributed by atoms with Crippen molar-refractivity contribution in [2.75, 3.05) is 13.2 Å². The molecule has 1 aromatic carbocycles. The van der Waals surface area contributed by atoms with Crippen molar-refractivity contribution in [3.05, 3.63) is 35.9 Å². The van der Waals surface area contributed by atoms with E-state index in [1.165, 1.54) is 13.8 Å². The summed E-state index contributed by atoms with van der Waals surface area (Å²) >= 11 is 0. The molecule has 8 atom stereocenters. The van der Waals surface area contributed by atoms with Gasteiger partial charge < -0.3 is 39.6 Å². The highest BCUT2D eigenvalue weighted by Crippen LogP contribution is 2.34. The molecule has 0 aromatic heterocycles. The van der Waals surface area contributed by atoms with E-state index in [9.17, 15) is 20.1 Å². The SMILES string of the molecule is CC(=O)N[C@H]1[C@H](OC[C@H](O)[C@H](C)O)O[C@@H]2COC(c3ccccc3)O[C@H]2[C@@H]1O. The second-order valence-electron chi connectivity index (χ2n) is 7.08. The predicted octanol–water partition coefficient (Wildman–Crippen LogP) is -0.551. The molecule has 3 rings (SSSR count). The van der Waals surface area contributed by atoms with E-state index < -0.39 is 49.1 Å². The summed E-state index contributed by atoms with van der Waals surface area (Å²) in [5.41, 5.74) is 0.808. The first kappa shape index (κ1) is 21.1. The van der Waals surface area contributed by atoms with Crippen LogP contribution in [0.4, 0.5) is 0 Å². The molecule has 1 aromatic rings. The molecule has 0 radical (unpaired) electrons. The topological polar surface area (TPSA) is 127 Å². The van der Waals surface area contributed by atoms with Crippen LogP contribution in [0.15, 0.2) is 30.3 Å². The van der Waals surface area contributed by atoms with E-state index in [0.717, 1.165) is 5.56 Å². The summed E-state index contributed by atoms with van der Waals surface area (Å²) in [6, 6.07) is 8.41. The second kappa shape index (κ2) is 9.27. The zero-order chi connectivity index (χ0) is 20.3. The number of aliphatic hydroxyl groups is 3. The van der Waals surface area contributed by atoms with Crippen molar-refractivity contribution in [2.45, 2.75) is 63.0 Å². The van der Waals surface area contributed by atoms with Gasteiger partial charge in [0.2, 0.25) is 5.91 Å². The van der Waals surface area contributed by atoms with Gasteiger partial charge in [0.25, 0.3) is 0 Å². The van der Waals surface area contributed by atoms with Crippen molar-refractivity contribution >= 4 is 5.91 Å². The third-order valence-corrected chi connectivity index (χ3v) is 4.80. The quantitative estimate of drug-likeness (QED) is 0.504. The van der Waals surface area contributed by atoms with E-state index in [1.54, 1.807) is 0 Å². The average molecular weight is 397 g/mol. The van der Waals surface area contributed by atoms with Crippen molar-refractivity contribution in [1.29, 1.82) is 0 Å². The third kappa shape index (κ3) is 4.87. The van der Waals surface area contributed by atoms with Gasteiger partial charge in [0.1, 0.15) is 30.5 Å². The lowest BCUT2D eigenvalue weighted by Crippen LogP contribution is -2.66. The standard InChI is InChI=1S/C19H27NO8/c1-10(21)13(23)8-25-19-15(20-11(2)22)16(24)17-14(27-19)9-26-18(28-17)12-6-4-3-5-7-12/h3-7,10,13-19,21,23-24H,8-9H2,1-2H3,(H,20,22)/t10-,13-,14+,15+,16+,17+,18?,19+/m0/s1. The van der Waals surface area contributed by atoms with Crippen LogP contribution in [0.2, 0.25) is 0 Å². The number of benzene rings is 1. The van der Waals surface area contributed by atoms with E-state index >= 15 is 0 Å². The Hall–Kier alpha value is -1.59. The molecule has 0 bridgehead atoms. The van der Waals surface area contributed by atoms with E-state index in [-0.39, 0.29) is 19.1 Å². The molecule has 4 N–H and O–H groups in total. The smallest absolute Gasteiger partial charge is 0.217 e. The molecule has 28 heavy (non-hydrogen) atoms. The number of ether oxygens (including phenoxy) is 4. The summed E-state index contributed by atoms with van der Waals surface area (Å²) in [4.78, 5) is 11.6. The Morgan fingerprint density at radius 2 is 2.00 bits per heavy atom. The van der Waals surface area contributed by atoms with Crippen LogP contribution in [-0.2, 0) is 23.7 Å². The highest BCUT2D eigenvalue weighted by molar-refractivity contribution is 5.73. The maximum Gasteiger partial charge on any atom is 0.217 e. The van der Waals surface area contributed by atoms with Gasteiger partial charge in [0.15, 0.2) is 12.6 Å². The number of carbonyl (C=O) groups excluding carboxylic acids is 1. The number of nitrogens with one attached hydrogen (secondary N) is 1. The van der Waals surface area contributed by atoms with Gasteiger partial charge in [-0.05, 0) is 6.92 Å². The summed E-state index contributed by atoms with van der Waals surface area (Å²) in [6.45, 7) is 2.68. The van der Waals surface area contributed by atoms with Crippen LogP contribution < -0.4 is 5.32 Å². The minimum atomic E-state index is -1.13. The van der Waals surface area contributed by atoms with Gasteiger partial charge in [-0.15, -0.1) is 0 Å². The zero-order valence-corrected chi connectivity index (χ0v) is 15.8. The Balaban J connectivity index is 1.71. The van der Waals surface area contributed by atoms with Gasteiger partial charge in [0, 0.05) is 12.5 Å². The fraction of sp³-hybridized carbons (Fsp3) is 0.632. The molecule has 9 heteroatoms. The van der Waals surface area contributed by atoms with Crippen LogP contribution >= 0.6 is 0 Å². The fourth-order valence-corrected chi connectivity index (χ4v) is 3.23. The highest BCUT2D eigenvalue weighted by Gasteiger charge is 2.50. The lowest BCUT2D eigenvalue weighted by Gasteiger charge is -2.47. The summed E-state index contributed by atoms with van der Waals surface area (Å²) in [7, 11) is 0. The Bertz CT molecular complexity index is 642. The van der Waals surface area contributed by atoms with Crippen molar-refractivity contribution in [1.82, 2.24) is 5.32 Å². The average Bonchev–Trinajstić information content (AvgIpc) is 2.68. The molecule has 2 aliphatic rings. The van der Waals surface area contributed by atoms with E-state index in [2.05, 4.69) is 5.32 Å². The molecule has 9 nitrogen and oxygen atoms in total. The van der Waals surface area contributed by atoms with Crippen molar-refractivity contribution in [2.24, 2.45) is 0 Å². The maximum absolute atomic E-state index is 11.6. The zero-order valence-electron chi connectivity index (χ0n) is 15.8. The molecule has 2 heterocycles. The largest absolute Gasteiger partial charge is 0.391 e. The van der Waals surface area contributed by atoms with E-state index in [0.29, 0.717) is 0 Å². The lowest BCUT2D eigenvalue weighted by atomic mass is 9.95. The Labute approximate surface area is 163 Å².